The van der Waals surface area contributed by atoms with Gasteiger partial charge in [0.25, 0.3) is 5.56 Å². The minimum absolute atomic E-state index is 0.433. The zero-order chi connectivity index (χ0) is 13.1. The summed E-state index contributed by atoms with van der Waals surface area (Å²) in [6.07, 6.45) is 0. The van der Waals surface area contributed by atoms with E-state index >= 15 is 0 Å². The number of carboxylic acid groups (broad SMARTS) is 1. The summed E-state index contributed by atoms with van der Waals surface area (Å²) in [5.74, 6) is -1.11. The number of carbonyl (C=O) groups is 1. The summed E-state index contributed by atoms with van der Waals surface area (Å²) < 4.78 is 0.993. The highest BCUT2D eigenvalue weighted by atomic mass is 16.4. The Kier molecular flexibility index (Phi) is 3.23. The summed E-state index contributed by atoms with van der Waals surface area (Å²) in [5.41, 5.74) is 0.679. The van der Waals surface area contributed by atoms with Gasteiger partial charge >= 0.3 is 5.97 Å². The lowest BCUT2D eigenvalue weighted by Crippen LogP contribution is -2.32. The average Bonchev–Trinajstić information content (AvgIpc) is 2.35. The molecule has 1 N–H and O–H groups in total. The minimum atomic E-state index is -1.11. The average molecular weight is 244 g/mol. The third-order valence-electron chi connectivity index (χ3n) is 2.55. The van der Waals surface area contributed by atoms with Crippen molar-refractivity contribution in [3.8, 4) is 0 Å². The molecular weight excluding hydrogens is 232 g/mol. The van der Waals surface area contributed by atoms with Crippen LogP contribution in [-0.2, 0) is 4.79 Å². The van der Waals surface area contributed by atoms with Crippen molar-refractivity contribution in [2.45, 2.75) is 13.0 Å². The third kappa shape index (κ3) is 2.29. The number of hydrogen-bond acceptors (Lipinski definition) is 3. The van der Waals surface area contributed by atoms with E-state index in [1.807, 2.05) is 0 Å². The lowest BCUT2D eigenvalue weighted by Gasteiger charge is -2.14. The van der Waals surface area contributed by atoms with Crippen LogP contribution in [0.2, 0.25) is 0 Å². The molecule has 2 rings (SSSR count). The second-order valence-electron chi connectivity index (χ2n) is 3.91. The molecule has 0 aliphatic carbocycles. The molecule has 0 aliphatic heterocycles. The molecule has 0 amide bonds. The van der Waals surface area contributed by atoms with Crippen LogP contribution in [0.3, 0.4) is 0 Å². The molecule has 0 spiro atoms. The molecule has 0 saturated heterocycles. The minimum Gasteiger partial charge on any atom is -0.479 e. The predicted octanol–water partition coefficient (Wildman–Crippen LogP) is 1.23. The summed E-state index contributed by atoms with van der Waals surface area (Å²) in [4.78, 5) is 23.1. The molecule has 1 aromatic heterocycles. The Morgan fingerprint density at radius 1 is 1.22 bits per heavy atom. The standard InChI is InChI=1S/C13H12N2O3/c1-9-7-8-11(16)15(14-9)12(13(17)18)10-5-3-2-4-6-10/h2-8,12H,1H3,(H,17,18). The topological polar surface area (TPSA) is 72.2 Å². The molecule has 5 nitrogen and oxygen atoms in total. The Hall–Kier alpha value is -2.43. The Morgan fingerprint density at radius 3 is 2.50 bits per heavy atom. The van der Waals surface area contributed by atoms with Crippen LogP contribution >= 0.6 is 0 Å². The zero-order valence-electron chi connectivity index (χ0n) is 9.78. The first-order chi connectivity index (χ1) is 8.59. The van der Waals surface area contributed by atoms with Crippen molar-refractivity contribution in [3.63, 3.8) is 0 Å². The van der Waals surface area contributed by atoms with Crippen LogP contribution in [0.5, 0.6) is 0 Å². The van der Waals surface area contributed by atoms with E-state index in [4.69, 9.17) is 0 Å². The van der Waals surface area contributed by atoms with Crippen LogP contribution in [0.25, 0.3) is 0 Å². The van der Waals surface area contributed by atoms with Crippen molar-refractivity contribution in [2.24, 2.45) is 0 Å². The lowest BCUT2D eigenvalue weighted by molar-refractivity contribution is -0.139. The maximum absolute atomic E-state index is 11.7. The van der Waals surface area contributed by atoms with E-state index in [1.165, 1.54) is 6.07 Å². The van der Waals surface area contributed by atoms with Gasteiger partial charge in [0.1, 0.15) is 0 Å². The molecule has 18 heavy (non-hydrogen) atoms. The second kappa shape index (κ2) is 4.83. The van der Waals surface area contributed by atoms with Crippen LogP contribution in [0.1, 0.15) is 17.3 Å². The fourth-order valence-corrected chi connectivity index (χ4v) is 1.73. The first-order valence-corrected chi connectivity index (χ1v) is 5.44. The maximum Gasteiger partial charge on any atom is 0.333 e. The highest BCUT2D eigenvalue weighted by molar-refractivity contribution is 5.75. The van der Waals surface area contributed by atoms with E-state index in [-0.39, 0.29) is 0 Å². The van der Waals surface area contributed by atoms with Gasteiger partial charge in [0.2, 0.25) is 0 Å². The molecule has 1 heterocycles. The number of aryl methyl sites for hydroxylation is 1. The Bertz CT molecular complexity index is 620. The van der Waals surface area contributed by atoms with Gasteiger partial charge in [-0.05, 0) is 18.6 Å². The molecule has 1 aromatic carbocycles. The molecule has 0 bridgehead atoms. The van der Waals surface area contributed by atoms with E-state index in [0.29, 0.717) is 11.3 Å². The number of nitrogens with zero attached hydrogens (tertiary/aromatic N) is 2. The van der Waals surface area contributed by atoms with Gasteiger partial charge in [-0.15, -0.1) is 0 Å². The first-order valence-electron chi connectivity index (χ1n) is 5.44. The smallest absolute Gasteiger partial charge is 0.333 e. The van der Waals surface area contributed by atoms with Crippen molar-refractivity contribution in [2.75, 3.05) is 0 Å². The van der Waals surface area contributed by atoms with Gasteiger partial charge < -0.3 is 5.11 Å². The Labute approximate surface area is 103 Å². The summed E-state index contributed by atoms with van der Waals surface area (Å²) in [6.45, 7) is 1.71. The Balaban J connectivity index is 2.59. The highest BCUT2D eigenvalue weighted by Crippen LogP contribution is 2.15. The quantitative estimate of drug-likeness (QED) is 0.881. The van der Waals surface area contributed by atoms with E-state index < -0.39 is 17.6 Å². The first kappa shape index (κ1) is 12.0. The maximum atomic E-state index is 11.7. The molecule has 0 saturated carbocycles. The van der Waals surface area contributed by atoms with Gasteiger partial charge in [-0.3, -0.25) is 4.79 Å². The van der Waals surface area contributed by atoms with Gasteiger partial charge in [0, 0.05) is 6.07 Å². The molecule has 5 heteroatoms. The van der Waals surface area contributed by atoms with Crippen LogP contribution in [0.15, 0.2) is 47.3 Å². The van der Waals surface area contributed by atoms with Crippen molar-refractivity contribution in [1.29, 1.82) is 0 Å². The van der Waals surface area contributed by atoms with E-state index in [9.17, 15) is 14.7 Å². The zero-order valence-corrected chi connectivity index (χ0v) is 9.78. The summed E-state index contributed by atoms with van der Waals surface area (Å²) in [7, 11) is 0. The van der Waals surface area contributed by atoms with E-state index in [2.05, 4.69) is 5.10 Å². The van der Waals surface area contributed by atoms with Gasteiger partial charge in [-0.2, -0.15) is 5.10 Å². The third-order valence-corrected chi connectivity index (χ3v) is 2.55. The van der Waals surface area contributed by atoms with E-state index in [1.54, 1.807) is 43.3 Å². The highest BCUT2D eigenvalue weighted by Gasteiger charge is 2.23. The molecule has 1 atom stereocenters. The van der Waals surface area contributed by atoms with Gasteiger partial charge in [0.05, 0.1) is 5.69 Å². The number of aromatic nitrogens is 2. The largest absolute Gasteiger partial charge is 0.479 e. The van der Waals surface area contributed by atoms with Crippen molar-refractivity contribution in [3.05, 3.63) is 64.1 Å². The van der Waals surface area contributed by atoms with Crippen molar-refractivity contribution in [1.82, 2.24) is 9.78 Å². The lowest BCUT2D eigenvalue weighted by atomic mass is 10.1. The monoisotopic (exact) mass is 244 g/mol. The number of aliphatic carboxylic acids is 1. The van der Waals surface area contributed by atoms with Crippen LogP contribution in [0, 0.1) is 6.92 Å². The van der Waals surface area contributed by atoms with Crippen LogP contribution in [0.4, 0.5) is 0 Å². The number of benzene rings is 1. The van der Waals surface area contributed by atoms with E-state index in [0.717, 1.165) is 4.68 Å². The predicted molar refractivity (Wildman–Crippen MR) is 65.5 cm³/mol. The van der Waals surface area contributed by atoms with Gasteiger partial charge in [-0.1, -0.05) is 30.3 Å². The molecule has 0 fully saturated rings. The molecule has 92 valence electrons. The van der Waals surface area contributed by atoms with Gasteiger partial charge in [0.15, 0.2) is 6.04 Å². The summed E-state index contributed by atoms with van der Waals surface area (Å²) >= 11 is 0. The summed E-state index contributed by atoms with van der Waals surface area (Å²) in [6, 6.07) is 10.3. The molecule has 0 radical (unpaired) electrons. The molecule has 0 aliphatic rings. The number of carboxylic acids is 1. The van der Waals surface area contributed by atoms with Crippen molar-refractivity contribution < 1.29 is 9.90 Å². The molecular formula is C13H12N2O3. The Morgan fingerprint density at radius 2 is 1.89 bits per heavy atom. The number of rotatable bonds is 3. The van der Waals surface area contributed by atoms with Gasteiger partial charge in [-0.25, -0.2) is 9.48 Å². The summed E-state index contributed by atoms with van der Waals surface area (Å²) in [5, 5.41) is 13.3. The SMILES string of the molecule is Cc1ccc(=O)n(C(C(=O)O)c2ccccc2)n1. The molecule has 1 unspecified atom stereocenters. The normalized spacial score (nSPS) is 12.1. The fourth-order valence-electron chi connectivity index (χ4n) is 1.73. The second-order valence-corrected chi connectivity index (χ2v) is 3.91. The molecule has 2 aromatic rings. The number of hydrogen-bond donors (Lipinski definition) is 1. The fraction of sp³-hybridized carbons (Fsp3) is 0.154. The van der Waals surface area contributed by atoms with Crippen LogP contribution < -0.4 is 5.56 Å². The van der Waals surface area contributed by atoms with Crippen molar-refractivity contribution >= 4 is 5.97 Å². The van der Waals surface area contributed by atoms with Crippen LogP contribution in [-0.4, -0.2) is 20.9 Å².